The van der Waals surface area contributed by atoms with E-state index in [-0.39, 0.29) is 23.6 Å². The first-order valence-electron chi connectivity index (χ1n) is 7.47. The van der Waals surface area contributed by atoms with E-state index in [0.717, 1.165) is 5.56 Å². The van der Waals surface area contributed by atoms with Gasteiger partial charge in [0, 0.05) is 0 Å². The molecule has 1 amide bonds. The van der Waals surface area contributed by atoms with Crippen LogP contribution in [0.5, 0.6) is 5.75 Å². The first-order chi connectivity index (χ1) is 11.0. The molecule has 122 valence electrons. The molecule has 2 rings (SSSR count). The van der Waals surface area contributed by atoms with Crippen LogP contribution in [0.3, 0.4) is 0 Å². The van der Waals surface area contributed by atoms with Gasteiger partial charge >= 0.3 is 0 Å². The van der Waals surface area contributed by atoms with Crippen LogP contribution in [-0.2, 0) is 4.79 Å². The Hall–Kier alpha value is -2.43. The van der Waals surface area contributed by atoms with Gasteiger partial charge in [0.05, 0.1) is 6.04 Å². The molecule has 2 atom stereocenters. The zero-order valence-electron chi connectivity index (χ0n) is 13.1. The van der Waals surface area contributed by atoms with Crippen LogP contribution >= 0.6 is 0 Å². The maximum atomic E-state index is 12.9. The van der Waals surface area contributed by atoms with Crippen molar-refractivity contribution in [1.82, 2.24) is 5.32 Å². The van der Waals surface area contributed by atoms with Crippen molar-refractivity contribution in [1.29, 1.82) is 0 Å². The van der Waals surface area contributed by atoms with Gasteiger partial charge in [-0.15, -0.1) is 0 Å². The highest BCUT2D eigenvalue weighted by Gasteiger charge is 2.20. The molecule has 0 saturated carbocycles. The van der Waals surface area contributed by atoms with Crippen molar-refractivity contribution in [2.24, 2.45) is 0 Å². The van der Waals surface area contributed by atoms with Crippen LogP contribution in [0.4, 0.5) is 8.78 Å². The van der Waals surface area contributed by atoms with Crippen LogP contribution in [0.15, 0.2) is 48.5 Å². The lowest BCUT2D eigenvalue weighted by Gasteiger charge is -2.20. The van der Waals surface area contributed by atoms with Gasteiger partial charge in [-0.25, -0.2) is 8.78 Å². The van der Waals surface area contributed by atoms with E-state index in [9.17, 15) is 13.6 Å². The number of benzene rings is 2. The average molecular weight is 319 g/mol. The van der Waals surface area contributed by atoms with Crippen molar-refractivity contribution < 1.29 is 18.3 Å². The number of nitrogens with one attached hydrogen (secondary N) is 1. The molecule has 0 heterocycles. The second-order valence-corrected chi connectivity index (χ2v) is 5.25. The number of hydrogen-bond donors (Lipinski definition) is 1. The number of carbonyl (C=O) groups excluding carboxylic acids is 1. The molecule has 0 fully saturated rings. The normalized spacial score (nSPS) is 13.2. The minimum absolute atomic E-state index is 0.269. The number of carbonyl (C=O) groups is 1. The van der Waals surface area contributed by atoms with E-state index in [2.05, 4.69) is 5.32 Å². The summed E-state index contributed by atoms with van der Waals surface area (Å²) in [4.78, 5) is 12.3. The van der Waals surface area contributed by atoms with Crippen molar-refractivity contribution in [3.05, 3.63) is 65.7 Å². The minimum atomic E-state index is -0.677. The monoisotopic (exact) mass is 319 g/mol. The van der Waals surface area contributed by atoms with E-state index in [1.54, 1.807) is 12.1 Å². The van der Waals surface area contributed by atoms with E-state index in [1.807, 2.05) is 13.8 Å². The average Bonchev–Trinajstić information content (AvgIpc) is 2.54. The van der Waals surface area contributed by atoms with Crippen molar-refractivity contribution >= 4 is 5.91 Å². The van der Waals surface area contributed by atoms with Gasteiger partial charge in [0.25, 0.3) is 5.91 Å². The molecule has 1 N–H and O–H groups in total. The topological polar surface area (TPSA) is 38.3 Å². The Bertz CT molecular complexity index is 641. The van der Waals surface area contributed by atoms with E-state index in [4.69, 9.17) is 4.74 Å². The Kier molecular flexibility index (Phi) is 5.68. The lowest BCUT2D eigenvalue weighted by Crippen LogP contribution is -2.39. The minimum Gasteiger partial charge on any atom is -0.481 e. The predicted molar refractivity (Wildman–Crippen MR) is 84.1 cm³/mol. The fraction of sp³-hybridized carbons (Fsp3) is 0.278. The summed E-state index contributed by atoms with van der Waals surface area (Å²) < 4.78 is 31.4. The van der Waals surface area contributed by atoms with Crippen LogP contribution < -0.4 is 10.1 Å². The predicted octanol–water partition coefficient (Wildman–Crippen LogP) is 4.00. The summed E-state index contributed by atoms with van der Waals surface area (Å²) >= 11 is 0. The Balaban J connectivity index is 1.99. The first kappa shape index (κ1) is 16.9. The van der Waals surface area contributed by atoms with Gasteiger partial charge in [-0.2, -0.15) is 0 Å². The zero-order valence-corrected chi connectivity index (χ0v) is 13.1. The van der Waals surface area contributed by atoms with Crippen LogP contribution in [0, 0.1) is 11.6 Å². The molecule has 0 spiro atoms. The number of ether oxygens (including phenoxy) is 1. The fourth-order valence-electron chi connectivity index (χ4n) is 2.14. The Morgan fingerprint density at radius 2 is 1.57 bits per heavy atom. The molecule has 3 nitrogen and oxygen atoms in total. The van der Waals surface area contributed by atoms with E-state index in [0.29, 0.717) is 12.2 Å². The molecule has 5 heteroatoms. The Morgan fingerprint density at radius 1 is 1.04 bits per heavy atom. The van der Waals surface area contributed by atoms with Gasteiger partial charge in [0.15, 0.2) is 6.10 Å². The Labute approximate surface area is 134 Å². The quantitative estimate of drug-likeness (QED) is 0.874. The van der Waals surface area contributed by atoms with Crippen LogP contribution in [0.2, 0.25) is 0 Å². The molecule has 0 bridgehead atoms. The van der Waals surface area contributed by atoms with Crippen molar-refractivity contribution in [2.45, 2.75) is 32.4 Å². The SMILES string of the molecule is CC[C@H](Oc1ccc(F)cc1)C(=O)N[C@H](C)c1ccc(F)cc1. The second kappa shape index (κ2) is 7.72. The third-order valence-corrected chi connectivity index (χ3v) is 3.48. The zero-order chi connectivity index (χ0) is 16.8. The lowest BCUT2D eigenvalue weighted by atomic mass is 10.1. The second-order valence-electron chi connectivity index (χ2n) is 5.25. The smallest absolute Gasteiger partial charge is 0.261 e. The molecule has 0 aliphatic carbocycles. The van der Waals surface area contributed by atoms with Crippen LogP contribution in [0.25, 0.3) is 0 Å². The molecule has 2 aromatic carbocycles. The van der Waals surface area contributed by atoms with E-state index >= 15 is 0 Å². The highest BCUT2D eigenvalue weighted by atomic mass is 19.1. The fourth-order valence-corrected chi connectivity index (χ4v) is 2.14. The summed E-state index contributed by atoms with van der Waals surface area (Å²) in [6, 6.07) is 11.2. The molecule has 0 aliphatic rings. The van der Waals surface area contributed by atoms with Gasteiger partial charge in [0.2, 0.25) is 0 Å². The van der Waals surface area contributed by atoms with Gasteiger partial charge in [-0.3, -0.25) is 4.79 Å². The summed E-state index contributed by atoms with van der Waals surface area (Å²) in [6.45, 7) is 3.64. The standard InChI is InChI=1S/C18H19F2NO2/c1-3-17(23-16-10-8-15(20)9-11-16)18(22)21-12(2)13-4-6-14(19)7-5-13/h4-12,17H,3H2,1-2H3,(H,21,22)/t12-,17+/m1/s1. The number of rotatable bonds is 6. The number of amides is 1. The highest BCUT2D eigenvalue weighted by molar-refractivity contribution is 5.81. The van der Waals surface area contributed by atoms with Crippen LogP contribution in [0.1, 0.15) is 31.9 Å². The maximum absolute atomic E-state index is 12.9. The van der Waals surface area contributed by atoms with E-state index < -0.39 is 6.10 Å². The molecular weight excluding hydrogens is 300 g/mol. The summed E-state index contributed by atoms with van der Waals surface area (Å²) in [7, 11) is 0. The maximum Gasteiger partial charge on any atom is 0.261 e. The molecule has 23 heavy (non-hydrogen) atoms. The van der Waals surface area contributed by atoms with Gasteiger partial charge in [-0.1, -0.05) is 19.1 Å². The van der Waals surface area contributed by atoms with Crippen molar-refractivity contribution in [3.63, 3.8) is 0 Å². The van der Waals surface area contributed by atoms with Gasteiger partial charge in [-0.05, 0) is 55.3 Å². The third-order valence-electron chi connectivity index (χ3n) is 3.48. The molecule has 0 radical (unpaired) electrons. The molecule has 0 unspecified atom stereocenters. The van der Waals surface area contributed by atoms with Crippen LogP contribution in [-0.4, -0.2) is 12.0 Å². The molecular formula is C18H19F2NO2. The van der Waals surface area contributed by atoms with Gasteiger partial charge in [0.1, 0.15) is 17.4 Å². The number of halogens is 2. The third kappa shape index (κ3) is 4.77. The van der Waals surface area contributed by atoms with E-state index in [1.165, 1.54) is 36.4 Å². The largest absolute Gasteiger partial charge is 0.481 e. The Morgan fingerprint density at radius 3 is 2.09 bits per heavy atom. The van der Waals surface area contributed by atoms with Crippen molar-refractivity contribution in [3.8, 4) is 5.75 Å². The lowest BCUT2D eigenvalue weighted by molar-refractivity contribution is -0.128. The highest BCUT2D eigenvalue weighted by Crippen LogP contribution is 2.17. The van der Waals surface area contributed by atoms with Gasteiger partial charge < -0.3 is 10.1 Å². The molecule has 0 saturated heterocycles. The summed E-state index contributed by atoms with van der Waals surface area (Å²) in [6.07, 6.45) is -0.206. The molecule has 0 aromatic heterocycles. The summed E-state index contributed by atoms with van der Waals surface area (Å²) in [5, 5.41) is 2.84. The number of hydrogen-bond acceptors (Lipinski definition) is 2. The molecule has 0 aliphatic heterocycles. The molecule has 2 aromatic rings. The first-order valence-corrected chi connectivity index (χ1v) is 7.47. The summed E-state index contributed by atoms with van der Waals surface area (Å²) in [5.41, 5.74) is 0.802. The summed E-state index contributed by atoms with van der Waals surface area (Å²) in [5.74, 6) is -0.519. The van der Waals surface area contributed by atoms with Crippen molar-refractivity contribution in [2.75, 3.05) is 0 Å².